The fourth-order valence-corrected chi connectivity index (χ4v) is 4.12. The van der Waals surface area contributed by atoms with Gasteiger partial charge in [-0.1, -0.05) is 39.0 Å². The zero-order valence-corrected chi connectivity index (χ0v) is 15.8. The van der Waals surface area contributed by atoms with Crippen LogP contribution in [0, 0.1) is 11.3 Å². The number of hydrogen-bond acceptors (Lipinski definition) is 2. The Morgan fingerprint density at radius 3 is 2.64 bits per heavy atom. The molecule has 136 valence electrons. The summed E-state index contributed by atoms with van der Waals surface area (Å²) >= 11 is 0. The molecule has 4 nitrogen and oxygen atoms in total. The third kappa shape index (κ3) is 4.05. The molecule has 2 aliphatic rings. The number of aryl methyl sites for hydroxylation is 1. The van der Waals surface area contributed by atoms with E-state index >= 15 is 0 Å². The van der Waals surface area contributed by atoms with Gasteiger partial charge in [0.15, 0.2) is 0 Å². The highest BCUT2D eigenvalue weighted by atomic mass is 16.2. The summed E-state index contributed by atoms with van der Waals surface area (Å²) in [5.74, 6) is 0.802. The minimum absolute atomic E-state index is 0.0643. The first kappa shape index (κ1) is 18.0. The summed E-state index contributed by atoms with van der Waals surface area (Å²) in [5, 5.41) is 0. The van der Waals surface area contributed by atoms with Gasteiger partial charge in [-0.15, -0.1) is 0 Å². The molecule has 0 spiro atoms. The fraction of sp³-hybridized carbons (Fsp3) is 0.619. The van der Waals surface area contributed by atoms with Crippen molar-refractivity contribution >= 4 is 17.5 Å². The van der Waals surface area contributed by atoms with Crippen LogP contribution >= 0.6 is 0 Å². The maximum absolute atomic E-state index is 12.9. The van der Waals surface area contributed by atoms with Gasteiger partial charge in [0, 0.05) is 25.2 Å². The second-order valence-corrected chi connectivity index (χ2v) is 8.48. The van der Waals surface area contributed by atoms with Crippen LogP contribution in [-0.2, 0) is 16.0 Å². The molecule has 25 heavy (non-hydrogen) atoms. The Hall–Kier alpha value is -1.84. The summed E-state index contributed by atoms with van der Waals surface area (Å²) in [6, 6.07) is 7.95. The molecule has 0 N–H and O–H groups in total. The summed E-state index contributed by atoms with van der Waals surface area (Å²) in [5.41, 5.74) is 2.37. The van der Waals surface area contributed by atoms with Crippen molar-refractivity contribution in [2.75, 3.05) is 24.5 Å². The molecule has 1 atom stereocenters. The van der Waals surface area contributed by atoms with E-state index in [-0.39, 0.29) is 18.4 Å². The van der Waals surface area contributed by atoms with Crippen LogP contribution in [0.2, 0.25) is 0 Å². The summed E-state index contributed by atoms with van der Waals surface area (Å²) in [4.78, 5) is 28.9. The number of likely N-dealkylation sites (tertiary alicyclic amines) is 1. The van der Waals surface area contributed by atoms with E-state index in [9.17, 15) is 9.59 Å². The van der Waals surface area contributed by atoms with Crippen molar-refractivity contribution in [1.82, 2.24) is 4.90 Å². The summed E-state index contributed by atoms with van der Waals surface area (Å²) in [7, 11) is 0. The standard InChI is InChI=1S/C21H30N2O2/c1-21(2,3)17-8-6-13-22(14-12-17)20(25)15-23-18-9-5-4-7-16(18)10-11-19(23)24/h4-5,7,9,17H,6,8,10-15H2,1-3H3. The molecule has 1 unspecified atom stereocenters. The lowest BCUT2D eigenvalue weighted by Crippen LogP contribution is -2.45. The number of para-hydroxylation sites is 1. The molecule has 0 radical (unpaired) electrons. The molecule has 0 aliphatic carbocycles. The van der Waals surface area contributed by atoms with Crippen molar-refractivity contribution in [3.8, 4) is 0 Å². The van der Waals surface area contributed by atoms with Crippen molar-refractivity contribution < 1.29 is 9.59 Å². The Labute approximate surface area is 151 Å². The molecule has 0 saturated carbocycles. The van der Waals surface area contributed by atoms with Crippen molar-refractivity contribution in [3.63, 3.8) is 0 Å². The number of nitrogens with zero attached hydrogens (tertiary/aromatic N) is 2. The van der Waals surface area contributed by atoms with Crippen LogP contribution < -0.4 is 4.90 Å². The van der Waals surface area contributed by atoms with Crippen molar-refractivity contribution in [3.05, 3.63) is 29.8 Å². The van der Waals surface area contributed by atoms with Gasteiger partial charge in [0.25, 0.3) is 0 Å². The average Bonchev–Trinajstić information content (AvgIpc) is 2.83. The molecule has 1 aromatic carbocycles. The Kier molecular flexibility index (Phi) is 5.16. The van der Waals surface area contributed by atoms with Crippen molar-refractivity contribution in [1.29, 1.82) is 0 Å². The minimum atomic E-state index is 0.0643. The van der Waals surface area contributed by atoms with Crippen LogP contribution in [0.25, 0.3) is 0 Å². The van der Waals surface area contributed by atoms with E-state index in [1.165, 1.54) is 12.0 Å². The number of anilines is 1. The van der Waals surface area contributed by atoms with Gasteiger partial charge in [-0.3, -0.25) is 9.59 Å². The van der Waals surface area contributed by atoms with Gasteiger partial charge < -0.3 is 9.80 Å². The molecule has 0 aromatic heterocycles. The minimum Gasteiger partial charge on any atom is -0.341 e. The normalized spacial score (nSPS) is 21.7. The Morgan fingerprint density at radius 1 is 1.12 bits per heavy atom. The molecule has 0 bridgehead atoms. The van der Waals surface area contributed by atoms with Gasteiger partial charge >= 0.3 is 0 Å². The number of carbonyl (C=O) groups is 2. The third-order valence-corrected chi connectivity index (χ3v) is 5.79. The molecule has 1 aromatic rings. The smallest absolute Gasteiger partial charge is 0.242 e. The van der Waals surface area contributed by atoms with Gasteiger partial charge in [-0.25, -0.2) is 0 Å². The van der Waals surface area contributed by atoms with E-state index in [0.717, 1.165) is 38.0 Å². The average molecular weight is 342 g/mol. The van der Waals surface area contributed by atoms with Crippen LogP contribution in [0.15, 0.2) is 24.3 Å². The SMILES string of the molecule is CC(C)(C)C1CCCN(C(=O)CN2C(=O)CCc3ccccc32)CC1. The predicted molar refractivity (Wildman–Crippen MR) is 100 cm³/mol. The second kappa shape index (κ2) is 7.19. The van der Waals surface area contributed by atoms with E-state index in [1.807, 2.05) is 23.1 Å². The third-order valence-electron chi connectivity index (χ3n) is 5.79. The summed E-state index contributed by atoms with van der Waals surface area (Å²) in [6.07, 6.45) is 4.56. The van der Waals surface area contributed by atoms with Crippen molar-refractivity contribution in [2.45, 2.75) is 52.9 Å². The van der Waals surface area contributed by atoms with E-state index in [4.69, 9.17) is 0 Å². The molecule has 4 heteroatoms. The molecular formula is C21H30N2O2. The summed E-state index contributed by atoms with van der Waals surface area (Å²) in [6.45, 7) is 8.67. The molecule has 2 amide bonds. The molecule has 1 fully saturated rings. The van der Waals surface area contributed by atoms with Crippen LogP contribution in [0.1, 0.15) is 52.0 Å². The number of benzene rings is 1. The van der Waals surface area contributed by atoms with Crippen LogP contribution in [-0.4, -0.2) is 36.3 Å². The first-order valence-corrected chi connectivity index (χ1v) is 9.52. The highest BCUT2D eigenvalue weighted by Gasteiger charge is 2.31. The number of hydrogen-bond donors (Lipinski definition) is 0. The van der Waals surface area contributed by atoms with E-state index in [2.05, 4.69) is 26.8 Å². The number of amides is 2. The molecular weight excluding hydrogens is 312 g/mol. The number of rotatable bonds is 2. The van der Waals surface area contributed by atoms with Gasteiger partial charge in [0.1, 0.15) is 6.54 Å². The monoisotopic (exact) mass is 342 g/mol. The number of fused-ring (bicyclic) bond motifs is 1. The zero-order chi connectivity index (χ0) is 18.0. The Morgan fingerprint density at radius 2 is 1.88 bits per heavy atom. The Bertz CT molecular complexity index is 648. The van der Waals surface area contributed by atoms with E-state index in [0.29, 0.717) is 17.8 Å². The van der Waals surface area contributed by atoms with E-state index < -0.39 is 0 Å². The maximum Gasteiger partial charge on any atom is 0.242 e. The topological polar surface area (TPSA) is 40.6 Å². The first-order valence-electron chi connectivity index (χ1n) is 9.52. The van der Waals surface area contributed by atoms with Crippen molar-refractivity contribution in [2.24, 2.45) is 11.3 Å². The molecule has 3 rings (SSSR count). The second-order valence-electron chi connectivity index (χ2n) is 8.48. The van der Waals surface area contributed by atoms with Crippen LogP contribution in [0.4, 0.5) is 5.69 Å². The molecule has 1 saturated heterocycles. The quantitative estimate of drug-likeness (QED) is 0.823. The molecule has 2 heterocycles. The maximum atomic E-state index is 12.9. The van der Waals surface area contributed by atoms with E-state index in [1.54, 1.807) is 4.90 Å². The van der Waals surface area contributed by atoms with Crippen LogP contribution in [0.3, 0.4) is 0 Å². The first-order chi connectivity index (χ1) is 11.9. The summed E-state index contributed by atoms with van der Waals surface area (Å²) < 4.78 is 0. The molecule has 2 aliphatic heterocycles. The lowest BCUT2D eigenvalue weighted by molar-refractivity contribution is -0.131. The highest BCUT2D eigenvalue weighted by Crippen LogP contribution is 2.34. The fourth-order valence-electron chi connectivity index (χ4n) is 4.12. The Balaban J connectivity index is 1.67. The zero-order valence-electron chi connectivity index (χ0n) is 15.8. The van der Waals surface area contributed by atoms with Crippen LogP contribution in [0.5, 0.6) is 0 Å². The largest absolute Gasteiger partial charge is 0.341 e. The highest BCUT2D eigenvalue weighted by molar-refractivity contribution is 6.01. The predicted octanol–water partition coefficient (Wildman–Crippen LogP) is 3.64. The van der Waals surface area contributed by atoms with Gasteiger partial charge in [-0.05, 0) is 48.6 Å². The van der Waals surface area contributed by atoms with Gasteiger partial charge in [-0.2, -0.15) is 0 Å². The van der Waals surface area contributed by atoms with Gasteiger partial charge in [0.2, 0.25) is 11.8 Å². The lowest BCUT2D eigenvalue weighted by atomic mass is 9.77. The van der Waals surface area contributed by atoms with Gasteiger partial charge in [0.05, 0.1) is 0 Å². The lowest BCUT2D eigenvalue weighted by Gasteiger charge is -2.32. The number of carbonyl (C=O) groups excluding carboxylic acids is 2.